The quantitative estimate of drug-likeness (QED) is 0.0393. The lowest BCUT2D eigenvalue weighted by Crippen LogP contribution is -2.48. The molecule has 5 nitrogen and oxygen atoms in total. The summed E-state index contributed by atoms with van der Waals surface area (Å²) in [6.45, 7) is 4.08. The van der Waals surface area contributed by atoms with Crippen molar-refractivity contribution < 1.29 is 20.1 Å². The lowest BCUT2D eigenvalue weighted by Gasteiger charge is -2.21. The lowest BCUT2D eigenvalue weighted by atomic mass is 10.0. The second kappa shape index (κ2) is 38.1. The second-order valence-corrected chi connectivity index (χ2v) is 13.8. The van der Waals surface area contributed by atoms with Crippen molar-refractivity contribution in [2.45, 2.75) is 212 Å². The minimum absolute atomic E-state index is 0.384. The zero-order chi connectivity index (χ0) is 35.2. The number of hydrogen-bond acceptors (Lipinski definition) is 4. The van der Waals surface area contributed by atoms with E-state index in [0.29, 0.717) is 6.42 Å². The molecule has 0 aliphatic rings. The van der Waals surface area contributed by atoms with Crippen molar-refractivity contribution in [1.82, 2.24) is 5.32 Å². The van der Waals surface area contributed by atoms with Gasteiger partial charge in [0.05, 0.1) is 18.8 Å². The van der Waals surface area contributed by atoms with Crippen LogP contribution in [0.1, 0.15) is 194 Å². The summed E-state index contributed by atoms with van der Waals surface area (Å²) in [6, 6.07) is -0.821. The largest absolute Gasteiger partial charge is 0.394 e. The molecule has 4 N–H and O–H groups in total. The van der Waals surface area contributed by atoms with Gasteiger partial charge >= 0.3 is 0 Å². The van der Waals surface area contributed by atoms with Gasteiger partial charge in [-0.3, -0.25) is 4.79 Å². The maximum absolute atomic E-state index is 12.4. The van der Waals surface area contributed by atoms with E-state index in [1.807, 2.05) is 6.08 Å². The van der Waals surface area contributed by atoms with Gasteiger partial charge in [-0.25, -0.2) is 0 Å². The van der Waals surface area contributed by atoms with Crippen molar-refractivity contribution in [2.24, 2.45) is 0 Å². The zero-order valence-electron chi connectivity index (χ0n) is 31.6. The van der Waals surface area contributed by atoms with Crippen LogP contribution in [0.5, 0.6) is 0 Å². The van der Waals surface area contributed by atoms with Crippen molar-refractivity contribution in [3.63, 3.8) is 0 Å². The first-order valence-corrected chi connectivity index (χ1v) is 20.5. The van der Waals surface area contributed by atoms with Crippen LogP contribution in [0, 0.1) is 0 Å². The maximum Gasteiger partial charge on any atom is 0.249 e. The summed E-state index contributed by atoms with van der Waals surface area (Å²) in [4.78, 5) is 12.4. The number of aliphatic hydroxyl groups excluding tert-OH is 3. The number of hydrogen-bond donors (Lipinski definition) is 4. The molecular weight excluding hydrogens is 594 g/mol. The molecule has 0 saturated carbocycles. The van der Waals surface area contributed by atoms with Crippen LogP contribution < -0.4 is 5.32 Å². The fraction of sp³-hybridized carbons (Fsp3) is 0.791. The van der Waals surface area contributed by atoms with Gasteiger partial charge in [0.15, 0.2) is 0 Å². The van der Waals surface area contributed by atoms with Crippen LogP contribution in [0.4, 0.5) is 0 Å². The molecule has 0 aliphatic carbocycles. The fourth-order valence-corrected chi connectivity index (χ4v) is 5.86. The molecule has 5 heteroatoms. The average Bonchev–Trinajstić information content (AvgIpc) is 3.09. The Morgan fingerprint density at radius 3 is 1.35 bits per heavy atom. The van der Waals surface area contributed by atoms with E-state index in [1.54, 1.807) is 6.08 Å². The number of nitrogens with one attached hydrogen (secondary N) is 1. The van der Waals surface area contributed by atoms with Crippen LogP contribution in [0.15, 0.2) is 48.6 Å². The highest BCUT2D eigenvalue weighted by Gasteiger charge is 2.22. The molecule has 280 valence electrons. The molecule has 0 bridgehead atoms. The monoisotopic (exact) mass is 674 g/mol. The van der Waals surface area contributed by atoms with Crippen molar-refractivity contribution in [3.05, 3.63) is 48.6 Å². The molecule has 0 aromatic heterocycles. The molecule has 0 aromatic carbocycles. The summed E-state index contributed by atoms with van der Waals surface area (Å²) in [5, 5.41) is 32.9. The summed E-state index contributed by atoms with van der Waals surface area (Å²) >= 11 is 0. The van der Waals surface area contributed by atoms with E-state index in [1.165, 1.54) is 122 Å². The van der Waals surface area contributed by atoms with Gasteiger partial charge in [-0.2, -0.15) is 0 Å². The third kappa shape index (κ3) is 32.8. The van der Waals surface area contributed by atoms with Gasteiger partial charge < -0.3 is 20.6 Å². The number of aliphatic hydroxyl groups is 3. The maximum atomic E-state index is 12.4. The van der Waals surface area contributed by atoms with Crippen LogP contribution in [-0.4, -0.2) is 46.1 Å². The molecule has 3 unspecified atom stereocenters. The topological polar surface area (TPSA) is 89.8 Å². The summed E-state index contributed by atoms with van der Waals surface area (Å²) < 4.78 is 0. The number of carbonyl (C=O) groups is 1. The fourth-order valence-electron chi connectivity index (χ4n) is 5.86. The van der Waals surface area contributed by atoms with E-state index in [9.17, 15) is 20.1 Å². The van der Waals surface area contributed by atoms with Gasteiger partial charge in [0.1, 0.15) is 6.10 Å². The van der Waals surface area contributed by atoms with Crippen molar-refractivity contribution in [3.8, 4) is 0 Å². The smallest absolute Gasteiger partial charge is 0.249 e. The second-order valence-electron chi connectivity index (χ2n) is 13.8. The van der Waals surface area contributed by atoms with E-state index in [4.69, 9.17) is 0 Å². The summed E-state index contributed by atoms with van der Waals surface area (Å²) in [6.07, 6.45) is 48.6. The normalized spacial score (nSPS) is 14.2. The predicted molar refractivity (Wildman–Crippen MR) is 208 cm³/mol. The highest BCUT2D eigenvalue weighted by atomic mass is 16.3. The molecule has 0 spiro atoms. The van der Waals surface area contributed by atoms with Crippen molar-refractivity contribution in [2.75, 3.05) is 6.61 Å². The number of carbonyl (C=O) groups excluding carboxylic acids is 1. The summed E-state index contributed by atoms with van der Waals surface area (Å²) in [5.41, 5.74) is 0. The SMILES string of the molecule is CCC/C=C/CC/C=C/CC/C=C/C(O)C(CO)NC(=O)C(O)CCCCCCCCC/C=C\CCCCCCCCCCCCCC. The van der Waals surface area contributed by atoms with Crippen LogP contribution in [0.2, 0.25) is 0 Å². The molecule has 0 heterocycles. The van der Waals surface area contributed by atoms with E-state index in [2.05, 4.69) is 55.6 Å². The van der Waals surface area contributed by atoms with Gasteiger partial charge in [-0.05, 0) is 64.2 Å². The van der Waals surface area contributed by atoms with Crippen LogP contribution in [0.3, 0.4) is 0 Å². The molecular formula is C43H79NO4. The molecule has 48 heavy (non-hydrogen) atoms. The minimum atomic E-state index is -1.11. The third-order valence-corrected chi connectivity index (χ3v) is 9.10. The molecule has 0 fully saturated rings. The Hall–Kier alpha value is -1.69. The molecule has 0 saturated heterocycles. The molecule has 0 aromatic rings. The number of rotatable bonds is 36. The Bertz CT molecular complexity index is 790. The van der Waals surface area contributed by atoms with Gasteiger partial charge in [-0.15, -0.1) is 0 Å². The molecule has 1 amide bonds. The minimum Gasteiger partial charge on any atom is -0.394 e. The van der Waals surface area contributed by atoms with Crippen LogP contribution in [-0.2, 0) is 4.79 Å². The standard InChI is InChI=1S/C43H79NO4/c1-3-5-7-9-11-13-15-16-17-18-19-20-21-22-23-24-25-26-28-30-32-34-36-38-42(47)43(48)44-40(39-45)41(46)37-35-33-31-29-27-14-12-10-8-6-4-2/h8,10,22-23,27,29,35,37,40-42,45-47H,3-7,9,11-21,24-26,28,30-34,36,38-39H2,1-2H3,(H,44,48)/b10-8+,23-22-,29-27+,37-35+. The van der Waals surface area contributed by atoms with Crippen molar-refractivity contribution >= 4 is 5.91 Å². The molecule has 3 atom stereocenters. The van der Waals surface area contributed by atoms with Crippen molar-refractivity contribution in [1.29, 1.82) is 0 Å². The summed E-state index contributed by atoms with van der Waals surface area (Å²) in [7, 11) is 0. The Morgan fingerprint density at radius 2 is 0.896 bits per heavy atom. The molecule has 0 radical (unpaired) electrons. The highest BCUT2D eigenvalue weighted by Crippen LogP contribution is 2.14. The van der Waals surface area contributed by atoms with E-state index < -0.39 is 24.2 Å². The Morgan fingerprint density at radius 1 is 0.500 bits per heavy atom. The first kappa shape index (κ1) is 46.3. The number of amides is 1. The molecule has 0 rings (SSSR count). The number of allylic oxidation sites excluding steroid dienone is 7. The molecule has 0 aliphatic heterocycles. The van der Waals surface area contributed by atoms with Gasteiger partial charge in [-0.1, -0.05) is 178 Å². The lowest BCUT2D eigenvalue weighted by molar-refractivity contribution is -0.131. The Balaban J connectivity index is 3.68. The van der Waals surface area contributed by atoms with E-state index >= 15 is 0 Å². The van der Waals surface area contributed by atoms with Crippen LogP contribution in [0.25, 0.3) is 0 Å². The highest BCUT2D eigenvalue weighted by molar-refractivity contribution is 5.80. The van der Waals surface area contributed by atoms with Gasteiger partial charge in [0.2, 0.25) is 5.91 Å². The van der Waals surface area contributed by atoms with E-state index in [0.717, 1.165) is 51.4 Å². The first-order chi connectivity index (χ1) is 23.6. The average molecular weight is 674 g/mol. The van der Waals surface area contributed by atoms with Gasteiger partial charge in [0, 0.05) is 0 Å². The number of unbranched alkanes of at least 4 members (excludes halogenated alkanes) is 22. The third-order valence-electron chi connectivity index (χ3n) is 9.10. The predicted octanol–water partition coefficient (Wildman–Crippen LogP) is 11.4. The summed E-state index contributed by atoms with van der Waals surface area (Å²) in [5.74, 6) is -0.524. The first-order valence-electron chi connectivity index (χ1n) is 20.5. The van der Waals surface area contributed by atoms with E-state index in [-0.39, 0.29) is 6.61 Å². The van der Waals surface area contributed by atoms with Gasteiger partial charge in [0.25, 0.3) is 0 Å². The van der Waals surface area contributed by atoms with Crippen LogP contribution >= 0.6 is 0 Å². The Labute approximate surface area is 297 Å². The Kier molecular flexibility index (Phi) is 36.8. The zero-order valence-corrected chi connectivity index (χ0v) is 31.6.